The summed E-state index contributed by atoms with van der Waals surface area (Å²) in [5.41, 5.74) is 2.38. The van der Waals surface area contributed by atoms with Gasteiger partial charge < -0.3 is 15.3 Å². The van der Waals surface area contributed by atoms with E-state index in [-0.39, 0.29) is 24.4 Å². The summed E-state index contributed by atoms with van der Waals surface area (Å²) < 4.78 is 0. The van der Waals surface area contributed by atoms with Crippen molar-refractivity contribution in [3.63, 3.8) is 0 Å². The van der Waals surface area contributed by atoms with Crippen molar-refractivity contribution in [2.24, 2.45) is 0 Å². The number of β-amino-alcohol motifs (C(OH)–C–C–N with tert-alkyl or cyclic N) is 1. The van der Waals surface area contributed by atoms with E-state index in [9.17, 15) is 9.90 Å². The lowest BCUT2D eigenvalue weighted by molar-refractivity contribution is -0.133. The average molecular weight is 299 g/mol. The van der Waals surface area contributed by atoms with Crippen LogP contribution in [0.15, 0.2) is 24.3 Å². The predicted octanol–water partition coefficient (Wildman–Crippen LogP) is 1.49. The molecule has 0 aliphatic carbocycles. The Hall–Kier alpha value is -1.10. The van der Waals surface area contributed by atoms with Crippen LogP contribution in [0.4, 0.5) is 0 Å². The van der Waals surface area contributed by atoms with Crippen molar-refractivity contribution in [3.05, 3.63) is 35.4 Å². The largest absolute Gasteiger partial charge is 0.392 e. The number of rotatable bonds is 4. The molecule has 1 amide bonds. The highest BCUT2D eigenvalue weighted by Gasteiger charge is 2.30. The van der Waals surface area contributed by atoms with Gasteiger partial charge in [-0.1, -0.05) is 24.3 Å². The van der Waals surface area contributed by atoms with Gasteiger partial charge >= 0.3 is 0 Å². The van der Waals surface area contributed by atoms with Gasteiger partial charge in [-0.05, 0) is 31.4 Å². The maximum Gasteiger partial charge on any atom is 0.240 e. The van der Waals surface area contributed by atoms with Gasteiger partial charge in [0, 0.05) is 19.6 Å². The first-order valence-corrected chi connectivity index (χ1v) is 6.86. The monoisotopic (exact) mass is 298 g/mol. The summed E-state index contributed by atoms with van der Waals surface area (Å²) in [6, 6.07) is 7.89. The van der Waals surface area contributed by atoms with Gasteiger partial charge in [0.25, 0.3) is 0 Å². The van der Waals surface area contributed by atoms with E-state index in [1.54, 1.807) is 0 Å². The number of carbonyl (C=O) groups excluding carboxylic acids is 1. The molecule has 2 atom stereocenters. The minimum atomic E-state index is -0.397. The van der Waals surface area contributed by atoms with Gasteiger partial charge in [-0.2, -0.15) is 0 Å². The summed E-state index contributed by atoms with van der Waals surface area (Å²) in [5.74, 6) is 0.0855. The summed E-state index contributed by atoms with van der Waals surface area (Å²) in [6.45, 7) is 5.88. The second kappa shape index (κ2) is 7.62. The fourth-order valence-electron chi connectivity index (χ4n) is 2.46. The summed E-state index contributed by atoms with van der Waals surface area (Å²) in [7, 11) is 0. The summed E-state index contributed by atoms with van der Waals surface area (Å²) >= 11 is 0. The van der Waals surface area contributed by atoms with Gasteiger partial charge in [0.15, 0.2) is 0 Å². The minimum Gasteiger partial charge on any atom is -0.392 e. The van der Waals surface area contributed by atoms with Crippen LogP contribution in [0, 0.1) is 6.92 Å². The Labute approximate surface area is 126 Å². The van der Waals surface area contributed by atoms with Crippen LogP contribution in [0.2, 0.25) is 0 Å². The molecule has 0 saturated carbocycles. The maximum absolute atomic E-state index is 12.4. The van der Waals surface area contributed by atoms with E-state index < -0.39 is 6.10 Å². The first-order valence-electron chi connectivity index (χ1n) is 6.86. The van der Waals surface area contributed by atoms with Crippen LogP contribution >= 0.6 is 12.4 Å². The Morgan fingerprint density at radius 3 is 2.70 bits per heavy atom. The molecule has 112 valence electrons. The van der Waals surface area contributed by atoms with Crippen molar-refractivity contribution in [1.29, 1.82) is 0 Å². The molecule has 2 unspecified atom stereocenters. The summed E-state index contributed by atoms with van der Waals surface area (Å²) in [4.78, 5) is 14.2. The highest BCUT2D eigenvalue weighted by molar-refractivity contribution is 5.85. The van der Waals surface area contributed by atoms with Crippen LogP contribution in [-0.4, -0.2) is 41.1 Å². The van der Waals surface area contributed by atoms with Crippen LogP contribution < -0.4 is 5.32 Å². The van der Waals surface area contributed by atoms with Crippen LogP contribution in [0.5, 0.6) is 0 Å². The number of aliphatic hydroxyl groups is 1. The number of benzene rings is 1. The molecular weight excluding hydrogens is 276 g/mol. The molecule has 1 saturated heterocycles. The molecule has 20 heavy (non-hydrogen) atoms. The SMILES string of the molecule is CCN(Cc1ccccc1C)C(=O)C1CC(O)CN1.Cl. The van der Waals surface area contributed by atoms with Crippen molar-refractivity contribution in [2.45, 2.75) is 39.0 Å². The molecule has 0 spiro atoms. The van der Waals surface area contributed by atoms with Crippen molar-refractivity contribution >= 4 is 18.3 Å². The lowest BCUT2D eigenvalue weighted by Crippen LogP contribution is -2.43. The molecule has 1 aliphatic heterocycles. The van der Waals surface area contributed by atoms with Gasteiger partial charge in [-0.3, -0.25) is 4.79 Å². The lowest BCUT2D eigenvalue weighted by atomic mass is 10.1. The zero-order chi connectivity index (χ0) is 13.8. The Kier molecular flexibility index (Phi) is 6.46. The molecule has 2 N–H and O–H groups in total. The van der Waals surface area contributed by atoms with Crippen LogP contribution in [0.3, 0.4) is 0 Å². The number of aryl methyl sites for hydroxylation is 1. The average Bonchev–Trinajstić information content (AvgIpc) is 2.84. The van der Waals surface area contributed by atoms with Gasteiger partial charge in [0.2, 0.25) is 5.91 Å². The number of nitrogens with one attached hydrogen (secondary N) is 1. The number of aliphatic hydroxyl groups excluding tert-OH is 1. The van der Waals surface area contributed by atoms with Gasteiger partial charge in [0.1, 0.15) is 0 Å². The Morgan fingerprint density at radius 2 is 2.15 bits per heavy atom. The van der Waals surface area contributed by atoms with Crippen molar-refractivity contribution in [1.82, 2.24) is 10.2 Å². The fourth-order valence-corrected chi connectivity index (χ4v) is 2.46. The normalized spacial score (nSPS) is 21.4. The third-order valence-corrected chi connectivity index (χ3v) is 3.72. The number of nitrogens with zero attached hydrogens (tertiary/aromatic N) is 1. The number of hydrogen-bond acceptors (Lipinski definition) is 3. The van der Waals surface area contributed by atoms with E-state index in [0.717, 1.165) is 0 Å². The molecule has 5 heteroatoms. The number of halogens is 1. The lowest BCUT2D eigenvalue weighted by Gasteiger charge is -2.25. The van der Waals surface area contributed by atoms with Crippen LogP contribution in [0.1, 0.15) is 24.5 Å². The highest BCUT2D eigenvalue weighted by atomic mass is 35.5. The number of hydrogen-bond donors (Lipinski definition) is 2. The number of likely N-dealkylation sites (N-methyl/N-ethyl adjacent to an activating group) is 1. The topological polar surface area (TPSA) is 52.6 Å². The van der Waals surface area contributed by atoms with E-state index in [2.05, 4.69) is 24.4 Å². The van der Waals surface area contributed by atoms with Crippen molar-refractivity contribution < 1.29 is 9.90 Å². The first kappa shape index (κ1) is 17.0. The van der Waals surface area contributed by atoms with Crippen molar-refractivity contribution in [3.8, 4) is 0 Å². The predicted molar refractivity (Wildman–Crippen MR) is 81.9 cm³/mol. The smallest absolute Gasteiger partial charge is 0.240 e. The van der Waals surface area contributed by atoms with E-state index in [1.165, 1.54) is 11.1 Å². The van der Waals surface area contributed by atoms with Gasteiger partial charge in [-0.25, -0.2) is 0 Å². The molecule has 1 aromatic rings. The summed E-state index contributed by atoms with van der Waals surface area (Å²) in [6.07, 6.45) is 0.120. The van der Waals surface area contributed by atoms with Crippen LogP contribution in [0.25, 0.3) is 0 Å². The zero-order valence-corrected chi connectivity index (χ0v) is 12.8. The van der Waals surface area contributed by atoms with Crippen LogP contribution in [-0.2, 0) is 11.3 Å². The molecule has 2 rings (SSSR count). The maximum atomic E-state index is 12.4. The van der Waals surface area contributed by atoms with E-state index in [0.29, 0.717) is 26.1 Å². The molecule has 1 aromatic carbocycles. The first-order chi connectivity index (χ1) is 9.11. The molecule has 1 aliphatic rings. The third-order valence-electron chi connectivity index (χ3n) is 3.72. The Morgan fingerprint density at radius 1 is 1.45 bits per heavy atom. The van der Waals surface area contributed by atoms with Gasteiger partial charge in [-0.15, -0.1) is 12.4 Å². The number of carbonyl (C=O) groups is 1. The second-order valence-electron chi connectivity index (χ2n) is 5.13. The fraction of sp³-hybridized carbons (Fsp3) is 0.533. The molecule has 0 radical (unpaired) electrons. The molecule has 1 heterocycles. The Bertz CT molecular complexity index is 453. The summed E-state index contributed by atoms with van der Waals surface area (Å²) in [5, 5.41) is 12.6. The molecule has 0 bridgehead atoms. The van der Waals surface area contributed by atoms with Crippen molar-refractivity contribution in [2.75, 3.05) is 13.1 Å². The number of amides is 1. The zero-order valence-electron chi connectivity index (χ0n) is 12.0. The standard InChI is InChI=1S/C15H22N2O2.ClH/c1-3-17(10-12-7-5-4-6-11(12)2)15(19)14-8-13(18)9-16-14;/h4-7,13-14,16,18H,3,8-10H2,1-2H3;1H. The minimum absolute atomic E-state index is 0. The molecule has 0 aromatic heterocycles. The quantitative estimate of drug-likeness (QED) is 0.885. The third kappa shape index (κ3) is 3.95. The highest BCUT2D eigenvalue weighted by Crippen LogP contribution is 2.14. The van der Waals surface area contributed by atoms with E-state index >= 15 is 0 Å². The molecule has 4 nitrogen and oxygen atoms in total. The Balaban J connectivity index is 0.00000200. The second-order valence-corrected chi connectivity index (χ2v) is 5.13. The van der Waals surface area contributed by atoms with Gasteiger partial charge in [0.05, 0.1) is 12.1 Å². The molecule has 1 fully saturated rings. The van der Waals surface area contributed by atoms with E-state index in [4.69, 9.17) is 0 Å². The molecular formula is C15H23ClN2O2. The van der Waals surface area contributed by atoms with E-state index in [1.807, 2.05) is 24.0 Å².